The van der Waals surface area contributed by atoms with E-state index in [1.807, 2.05) is 0 Å². The number of nitrogens with one attached hydrogen (secondary N) is 1. The maximum Gasteiger partial charge on any atom is 0.501 e. The molecule has 0 saturated carbocycles. The van der Waals surface area contributed by atoms with E-state index in [-0.39, 0.29) is 6.73 Å². The number of rotatable bonds is 21. The largest absolute Gasteiger partial charge is 0.501 e. The molecule has 32 heavy (non-hydrogen) atoms. The first kappa shape index (κ1) is 34.2. The summed E-state index contributed by atoms with van der Waals surface area (Å²) in [6.45, 7) is 7.20. The first-order valence-electron chi connectivity index (χ1n) is 11.9. The summed E-state index contributed by atoms with van der Waals surface area (Å²) in [5.74, 6) is 0.501. The molecule has 0 radical (unpaired) electrons. The minimum Gasteiger partial charge on any atom is -0.377 e. The maximum atomic E-state index is 5.45. The Hall–Kier alpha value is 0.0738. The van der Waals surface area contributed by atoms with E-state index in [1.54, 1.807) is 35.5 Å². The number of nitrogens with two attached hydrogens (primary N) is 2. The molecule has 1 atom stereocenters. The van der Waals surface area contributed by atoms with Gasteiger partial charge in [-0.15, -0.1) is 0 Å². The summed E-state index contributed by atoms with van der Waals surface area (Å²) in [6, 6.07) is 1.70. The van der Waals surface area contributed by atoms with E-state index in [4.69, 9.17) is 38.0 Å². The molecule has 9 nitrogen and oxygen atoms in total. The quantitative estimate of drug-likeness (QED) is 0.124. The lowest BCUT2D eigenvalue weighted by Crippen LogP contribution is -2.45. The number of hydrogen-bond donors (Lipinski definition) is 3. The van der Waals surface area contributed by atoms with Gasteiger partial charge in [0.1, 0.15) is 0 Å². The second-order valence-electron chi connectivity index (χ2n) is 7.83. The molecular weight excluding hydrogens is 446 g/mol. The molecule has 0 aromatic carbocycles. The van der Waals surface area contributed by atoms with E-state index < -0.39 is 17.6 Å². The molecule has 0 bridgehead atoms. The predicted molar refractivity (Wildman–Crippen MR) is 135 cm³/mol. The summed E-state index contributed by atoms with van der Waals surface area (Å²) >= 11 is 0. The zero-order valence-corrected chi connectivity index (χ0v) is 23.9. The molecule has 0 aliphatic rings. The van der Waals surface area contributed by atoms with Gasteiger partial charge in [-0.25, -0.2) is 0 Å². The van der Waals surface area contributed by atoms with Crippen molar-refractivity contribution in [3.05, 3.63) is 0 Å². The molecule has 0 aliphatic heterocycles. The SMILES string of the molecule is CCNCC(C)C[Si](OC)(OC)OC.CO[Si](CCCCCCCCCN)(OC)OCN. The van der Waals surface area contributed by atoms with Crippen LogP contribution in [0.15, 0.2) is 0 Å². The summed E-state index contributed by atoms with van der Waals surface area (Å²) in [7, 11) is 3.39. The van der Waals surface area contributed by atoms with Crippen LogP contribution in [0.4, 0.5) is 0 Å². The molecule has 0 spiro atoms. The molecule has 0 saturated heterocycles. The Kier molecular flexibility index (Phi) is 24.4. The predicted octanol–water partition coefficient (Wildman–Crippen LogP) is 2.95. The zero-order chi connectivity index (χ0) is 24.7. The molecule has 0 rings (SSSR count). The summed E-state index contributed by atoms with van der Waals surface area (Å²) in [4.78, 5) is 0. The zero-order valence-electron chi connectivity index (χ0n) is 21.9. The van der Waals surface area contributed by atoms with Crippen molar-refractivity contribution in [3.63, 3.8) is 0 Å². The maximum absolute atomic E-state index is 5.45. The molecule has 0 aromatic rings. The van der Waals surface area contributed by atoms with Gasteiger partial charge in [-0.05, 0) is 38.4 Å². The Bertz CT molecular complexity index is 384. The van der Waals surface area contributed by atoms with Gasteiger partial charge in [-0.3, -0.25) is 0 Å². The lowest BCUT2D eigenvalue weighted by atomic mass is 10.1. The standard InChI is InChI=1S/C12H30N2O3Si.C9H23NO3Si/c1-15-18(16-2,17-12-14)11-9-7-5-3-4-6-8-10-13;1-6-10-7-9(2)8-14(11-3,12-4)13-5/h3-14H2,1-2H3;9-10H,6-8H2,1-5H3. The highest BCUT2D eigenvalue weighted by molar-refractivity contribution is 6.60. The van der Waals surface area contributed by atoms with Crippen LogP contribution in [0, 0.1) is 5.92 Å². The Balaban J connectivity index is 0. The van der Waals surface area contributed by atoms with E-state index in [0.717, 1.165) is 44.6 Å². The van der Waals surface area contributed by atoms with Crippen LogP contribution in [0.5, 0.6) is 0 Å². The average Bonchev–Trinajstić information content (AvgIpc) is 2.82. The summed E-state index contributed by atoms with van der Waals surface area (Å²) in [5, 5.41) is 3.30. The highest BCUT2D eigenvalue weighted by Crippen LogP contribution is 2.19. The lowest BCUT2D eigenvalue weighted by Gasteiger charge is -2.27. The molecule has 0 aromatic heterocycles. The topological polar surface area (TPSA) is 119 Å². The second-order valence-corrected chi connectivity index (χ2v) is 13.8. The molecule has 0 amide bonds. The van der Waals surface area contributed by atoms with E-state index >= 15 is 0 Å². The van der Waals surface area contributed by atoms with Crippen LogP contribution in [-0.2, 0) is 26.6 Å². The fraction of sp³-hybridized carbons (Fsp3) is 1.00. The first-order valence-corrected chi connectivity index (χ1v) is 15.8. The fourth-order valence-corrected chi connectivity index (χ4v) is 7.25. The second kappa shape index (κ2) is 22.8. The van der Waals surface area contributed by atoms with Crippen LogP contribution in [0.1, 0.15) is 58.8 Å². The third-order valence-corrected chi connectivity index (χ3v) is 11.3. The van der Waals surface area contributed by atoms with Crippen molar-refractivity contribution < 1.29 is 26.6 Å². The van der Waals surface area contributed by atoms with Gasteiger partial charge < -0.3 is 43.3 Å². The number of hydrogen-bond acceptors (Lipinski definition) is 9. The van der Waals surface area contributed by atoms with Crippen LogP contribution < -0.4 is 16.8 Å². The van der Waals surface area contributed by atoms with Crippen molar-refractivity contribution in [2.75, 3.05) is 61.9 Å². The summed E-state index contributed by atoms with van der Waals surface area (Å²) in [5.41, 5.74) is 10.9. The highest BCUT2D eigenvalue weighted by Gasteiger charge is 2.39. The summed E-state index contributed by atoms with van der Waals surface area (Å²) in [6.07, 6.45) is 8.49. The van der Waals surface area contributed by atoms with Gasteiger partial charge in [0, 0.05) is 47.6 Å². The molecule has 0 fully saturated rings. The van der Waals surface area contributed by atoms with Crippen molar-refractivity contribution in [3.8, 4) is 0 Å². The van der Waals surface area contributed by atoms with Crippen LogP contribution in [0.2, 0.25) is 12.1 Å². The lowest BCUT2D eigenvalue weighted by molar-refractivity contribution is 0.100. The Morgan fingerprint density at radius 2 is 1.19 bits per heavy atom. The monoisotopic (exact) mass is 499 g/mol. The molecule has 11 heteroatoms. The normalized spacial score (nSPS) is 13.0. The van der Waals surface area contributed by atoms with Gasteiger partial charge in [0.25, 0.3) is 0 Å². The van der Waals surface area contributed by atoms with Crippen LogP contribution >= 0.6 is 0 Å². The highest BCUT2D eigenvalue weighted by atomic mass is 28.4. The minimum absolute atomic E-state index is 0.160. The van der Waals surface area contributed by atoms with Gasteiger partial charge >= 0.3 is 17.6 Å². The molecular formula is C21H53N3O6Si2. The van der Waals surface area contributed by atoms with Crippen molar-refractivity contribution >= 4 is 17.6 Å². The van der Waals surface area contributed by atoms with Gasteiger partial charge in [0.2, 0.25) is 0 Å². The summed E-state index contributed by atoms with van der Waals surface area (Å²) < 4.78 is 32.3. The Labute approximate surface area is 199 Å². The Morgan fingerprint density at radius 3 is 1.59 bits per heavy atom. The third kappa shape index (κ3) is 16.7. The van der Waals surface area contributed by atoms with Gasteiger partial charge in [0.05, 0.1) is 6.73 Å². The van der Waals surface area contributed by atoms with Gasteiger partial charge in [-0.2, -0.15) is 0 Å². The fourth-order valence-electron chi connectivity index (χ4n) is 3.36. The molecule has 0 heterocycles. The van der Waals surface area contributed by atoms with Gasteiger partial charge in [-0.1, -0.05) is 46.0 Å². The van der Waals surface area contributed by atoms with Crippen molar-refractivity contribution in [1.29, 1.82) is 0 Å². The average molecular weight is 500 g/mol. The van der Waals surface area contributed by atoms with Crippen molar-refractivity contribution in [1.82, 2.24) is 5.32 Å². The van der Waals surface area contributed by atoms with E-state index in [9.17, 15) is 0 Å². The smallest absolute Gasteiger partial charge is 0.377 e. The van der Waals surface area contributed by atoms with Crippen molar-refractivity contribution in [2.45, 2.75) is 70.9 Å². The van der Waals surface area contributed by atoms with E-state index in [0.29, 0.717) is 5.92 Å². The van der Waals surface area contributed by atoms with Crippen molar-refractivity contribution in [2.24, 2.45) is 17.4 Å². The number of unbranched alkanes of at least 4 members (excludes halogenated alkanes) is 6. The first-order chi connectivity index (χ1) is 15.4. The minimum atomic E-state index is -2.47. The molecule has 196 valence electrons. The van der Waals surface area contributed by atoms with E-state index in [1.165, 1.54) is 32.1 Å². The van der Waals surface area contributed by atoms with Gasteiger partial charge in [0.15, 0.2) is 0 Å². The molecule has 0 aliphatic carbocycles. The molecule has 1 unspecified atom stereocenters. The van der Waals surface area contributed by atoms with Crippen LogP contribution in [0.25, 0.3) is 0 Å². The Morgan fingerprint density at radius 1 is 0.719 bits per heavy atom. The molecule has 5 N–H and O–H groups in total. The van der Waals surface area contributed by atoms with Crippen LogP contribution in [-0.4, -0.2) is 79.5 Å². The third-order valence-electron chi connectivity index (χ3n) is 5.39. The van der Waals surface area contributed by atoms with Crippen LogP contribution in [0.3, 0.4) is 0 Å². The van der Waals surface area contributed by atoms with E-state index in [2.05, 4.69) is 19.2 Å².